The molecule has 0 saturated carbocycles. The summed E-state index contributed by atoms with van der Waals surface area (Å²) < 4.78 is 0. The van der Waals surface area contributed by atoms with Gasteiger partial charge in [-0.2, -0.15) is 0 Å². The molecule has 1 saturated heterocycles. The normalized spacial score (nSPS) is 20.7. The van der Waals surface area contributed by atoms with E-state index in [0.29, 0.717) is 40.1 Å². The lowest BCUT2D eigenvalue weighted by Crippen LogP contribution is -2.28. The van der Waals surface area contributed by atoms with Crippen LogP contribution in [0, 0.1) is 18.3 Å². The molecule has 0 radical (unpaired) electrons. The van der Waals surface area contributed by atoms with Crippen molar-refractivity contribution in [1.82, 2.24) is 4.98 Å². The third kappa shape index (κ3) is 3.94. The van der Waals surface area contributed by atoms with Crippen LogP contribution in [-0.4, -0.2) is 29.1 Å². The molecule has 2 aromatic rings. The summed E-state index contributed by atoms with van der Waals surface area (Å²) in [6.45, 7) is 6.28. The van der Waals surface area contributed by atoms with Gasteiger partial charge in [-0.25, -0.2) is 4.98 Å². The fourth-order valence-electron chi connectivity index (χ4n) is 3.86. The van der Waals surface area contributed by atoms with Gasteiger partial charge in [-0.3, -0.25) is 14.4 Å². The zero-order valence-corrected chi connectivity index (χ0v) is 18.1. The number of ketones is 1. The molecule has 2 heterocycles. The topological polar surface area (TPSA) is 79.4 Å². The molecule has 1 aromatic carbocycles. The summed E-state index contributed by atoms with van der Waals surface area (Å²) in [7, 11) is 0. The molecule has 1 fully saturated rings. The van der Waals surface area contributed by atoms with Crippen molar-refractivity contribution in [3.05, 3.63) is 39.4 Å². The van der Waals surface area contributed by atoms with Crippen molar-refractivity contribution in [3.63, 3.8) is 0 Å². The number of fused-ring (bicyclic) bond motifs is 1. The largest absolute Gasteiger partial charge is 0.312 e. The van der Waals surface area contributed by atoms with Gasteiger partial charge < -0.3 is 10.2 Å². The number of Topliss-reactive ketones (excluding diaryl/α,β-unsaturated/α-hetero) is 1. The van der Waals surface area contributed by atoms with Crippen LogP contribution >= 0.6 is 22.9 Å². The number of carbonyl (C=O) groups excluding carboxylic acids is 3. The summed E-state index contributed by atoms with van der Waals surface area (Å²) in [4.78, 5) is 44.3. The Balaban J connectivity index is 1.47. The first-order valence-corrected chi connectivity index (χ1v) is 10.7. The number of aryl methyl sites for hydroxylation is 1. The van der Waals surface area contributed by atoms with Gasteiger partial charge in [0.1, 0.15) is 0 Å². The van der Waals surface area contributed by atoms with Crippen LogP contribution in [0.4, 0.5) is 10.8 Å². The minimum Gasteiger partial charge on any atom is -0.312 e. The number of hydrogen-bond donors (Lipinski definition) is 1. The van der Waals surface area contributed by atoms with E-state index >= 15 is 0 Å². The van der Waals surface area contributed by atoms with Crippen LogP contribution in [-0.2, 0) is 16.0 Å². The average Bonchev–Trinajstić information content (AvgIpc) is 3.20. The Morgan fingerprint density at radius 1 is 1.31 bits per heavy atom. The Kier molecular flexibility index (Phi) is 4.99. The second-order valence-electron chi connectivity index (χ2n) is 8.56. The first-order valence-electron chi connectivity index (χ1n) is 9.53. The lowest BCUT2D eigenvalue weighted by Gasteiger charge is -2.26. The van der Waals surface area contributed by atoms with Gasteiger partial charge in [-0.15, -0.1) is 0 Å². The molecular weight excluding hydrogens is 410 g/mol. The van der Waals surface area contributed by atoms with E-state index in [0.717, 1.165) is 11.3 Å². The number of amides is 2. The maximum absolute atomic E-state index is 12.7. The summed E-state index contributed by atoms with van der Waals surface area (Å²) in [5.41, 5.74) is 2.26. The van der Waals surface area contributed by atoms with Crippen molar-refractivity contribution >= 4 is 51.4 Å². The van der Waals surface area contributed by atoms with Crippen molar-refractivity contribution in [2.75, 3.05) is 16.8 Å². The van der Waals surface area contributed by atoms with E-state index in [-0.39, 0.29) is 29.4 Å². The van der Waals surface area contributed by atoms with Gasteiger partial charge in [0.15, 0.2) is 10.9 Å². The predicted molar refractivity (Wildman–Crippen MR) is 114 cm³/mol. The van der Waals surface area contributed by atoms with Gasteiger partial charge in [-0.1, -0.05) is 42.9 Å². The Labute approximate surface area is 178 Å². The third-order valence-electron chi connectivity index (χ3n) is 5.43. The molecule has 29 heavy (non-hydrogen) atoms. The third-order valence-corrected chi connectivity index (χ3v) is 6.89. The molecule has 1 aliphatic carbocycles. The van der Waals surface area contributed by atoms with Crippen molar-refractivity contribution < 1.29 is 14.4 Å². The first-order chi connectivity index (χ1) is 13.6. The zero-order valence-electron chi connectivity index (χ0n) is 16.5. The monoisotopic (exact) mass is 431 g/mol. The number of anilines is 2. The summed E-state index contributed by atoms with van der Waals surface area (Å²) in [5, 5.41) is 3.83. The van der Waals surface area contributed by atoms with E-state index < -0.39 is 5.92 Å². The van der Waals surface area contributed by atoms with Gasteiger partial charge in [0.25, 0.3) is 0 Å². The van der Waals surface area contributed by atoms with E-state index in [1.807, 2.05) is 32.9 Å². The van der Waals surface area contributed by atoms with Crippen LogP contribution in [0.3, 0.4) is 0 Å². The Bertz CT molecular complexity index is 1030. The molecular formula is C21H22ClN3O3S. The number of carbonyl (C=O) groups is 3. The van der Waals surface area contributed by atoms with Gasteiger partial charge in [-0.05, 0) is 36.5 Å². The lowest BCUT2D eigenvalue weighted by atomic mass is 9.78. The summed E-state index contributed by atoms with van der Waals surface area (Å²) in [6.07, 6.45) is 1.33. The fourth-order valence-corrected chi connectivity index (χ4v) is 4.96. The average molecular weight is 432 g/mol. The molecule has 0 spiro atoms. The van der Waals surface area contributed by atoms with E-state index in [1.165, 1.54) is 11.3 Å². The smallest absolute Gasteiger partial charge is 0.231 e. The molecule has 4 rings (SSSR count). The Morgan fingerprint density at radius 2 is 2.07 bits per heavy atom. The fraction of sp³-hybridized carbons (Fsp3) is 0.429. The number of hydrogen-bond acceptors (Lipinski definition) is 5. The van der Waals surface area contributed by atoms with Crippen molar-refractivity contribution in [2.45, 2.75) is 40.0 Å². The van der Waals surface area contributed by atoms with Crippen LogP contribution in [0.5, 0.6) is 0 Å². The van der Waals surface area contributed by atoms with Crippen LogP contribution in [0.1, 0.15) is 47.6 Å². The van der Waals surface area contributed by atoms with Crippen molar-refractivity contribution in [2.24, 2.45) is 11.3 Å². The molecule has 0 unspecified atom stereocenters. The van der Waals surface area contributed by atoms with Crippen LogP contribution in [0.15, 0.2) is 18.2 Å². The number of aromatic nitrogens is 1. The minimum absolute atomic E-state index is 0.0766. The molecule has 1 N–H and O–H groups in total. The SMILES string of the molecule is Cc1ccc(N2C[C@H](C(=O)Nc3nc4c(s3)C(=O)CC(C)(C)C4)CC2=O)cc1Cl. The first kappa shape index (κ1) is 20.0. The Hall–Kier alpha value is -2.25. The van der Waals surface area contributed by atoms with Crippen molar-refractivity contribution in [1.29, 1.82) is 0 Å². The van der Waals surface area contributed by atoms with E-state index in [4.69, 9.17) is 11.6 Å². The second-order valence-corrected chi connectivity index (χ2v) is 9.97. The molecule has 6 nitrogen and oxygen atoms in total. The van der Waals surface area contributed by atoms with E-state index in [2.05, 4.69) is 10.3 Å². The summed E-state index contributed by atoms with van der Waals surface area (Å²) >= 11 is 7.40. The maximum Gasteiger partial charge on any atom is 0.231 e. The molecule has 2 aliphatic rings. The lowest BCUT2D eigenvalue weighted by molar-refractivity contribution is -0.122. The molecule has 152 valence electrons. The molecule has 2 amide bonds. The predicted octanol–water partition coefficient (Wildman–Crippen LogP) is 4.25. The highest BCUT2D eigenvalue weighted by atomic mass is 35.5. The number of thiazole rings is 1. The number of benzene rings is 1. The molecule has 0 bridgehead atoms. The molecule has 8 heteroatoms. The molecule has 1 atom stereocenters. The van der Waals surface area contributed by atoms with Crippen molar-refractivity contribution in [3.8, 4) is 0 Å². The maximum atomic E-state index is 12.7. The molecule has 1 aliphatic heterocycles. The number of nitrogens with zero attached hydrogens (tertiary/aromatic N) is 2. The van der Waals surface area contributed by atoms with E-state index in [9.17, 15) is 14.4 Å². The zero-order chi connectivity index (χ0) is 20.9. The minimum atomic E-state index is -0.476. The van der Waals surface area contributed by atoms with Crippen LogP contribution in [0.2, 0.25) is 5.02 Å². The van der Waals surface area contributed by atoms with Crippen LogP contribution < -0.4 is 10.2 Å². The number of nitrogens with one attached hydrogen (secondary N) is 1. The molecule has 1 aromatic heterocycles. The Morgan fingerprint density at radius 3 is 2.79 bits per heavy atom. The highest BCUT2D eigenvalue weighted by molar-refractivity contribution is 7.17. The standard InChI is InChI=1S/C21H22ClN3O3S/c1-11-4-5-13(7-14(11)22)25-10-12(6-17(25)27)19(28)24-20-23-15-8-21(2,3)9-16(26)18(15)29-20/h4-5,7,12H,6,8-10H2,1-3H3,(H,23,24,28)/t12-/m1/s1. The van der Waals surface area contributed by atoms with Crippen LogP contribution in [0.25, 0.3) is 0 Å². The van der Waals surface area contributed by atoms with Gasteiger partial charge in [0.2, 0.25) is 11.8 Å². The number of halogens is 1. The quantitative estimate of drug-likeness (QED) is 0.787. The number of rotatable bonds is 3. The highest BCUT2D eigenvalue weighted by Crippen LogP contribution is 2.38. The second kappa shape index (κ2) is 7.22. The summed E-state index contributed by atoms with van der Waals surface area (Å²) in [6, 6.07) is 5.44. The van der Waals surface area contributed by atoms with Gasteiger partial charge >= 0.3 is 0 Å². The summed E-state index contributed by atoms with van der Waals surface area (Å²) in [5.74, 6) is -0.763. The van der Waals surface area contributed by atoms with Gasteiger partial charge in [0.05, 0.1) is 16.5 Å². The highest BCUT2D eigenvalue weighted by Gasteiger charge is 2.37. The van der Waals surface area contributed by atoms with Gasteiger partial charge in [0, 0.05) is 30.1 Å². The van der Waals surface area contributed by atoms with E-state index in [1.54, 1.807) is 11.0 Å².